The maximum atomic E-state index is 5.89. The molecule has 0 fully saturated rings. The number of fused-ring (bicyclic) bond motifs is 1. The van der Waals surface area contributed by atoms with Crippen LogP contribution in [0.5, 0.6) is 0 Å². The van der Waals surface area contributed by atoms with Gasteiger partial charge in [0, 0.05) is 12.1 Å². The molecule has 0 atom stereocenters. The molecule has 3 heteroatoms. The van der Waals surface area contributed by atoms with Crippen molar-refractivity contribution in [2.75, 3.05) is 5.73 Å². The van der Waals surface area contributed by atoms with Crippen LogP contribution in [0, 0.1) is 13.8 Å². The number of nitrogens with zero attached hydrogens (tertiary/aromatic N) is 1. The third-order valence-corrected chi connectivity index (χ3v) is 2.79. The SMILES string of the molecule is CCCc1nc2cc(N)c(C)c(C)c2o1. The maximum absolute atomic E-state index is 5.89. The smallest absolute Gasteiger partial charge is 0.195 e. The Bertz CT molecular complexity index is 500. The second-order valence-electron chi connectivity index (χ2n) is 3.92. The number of rotatable bonds is 2. The summed E-state index contributed by atoms with van der Waals surface area (Å²) in [7, 11) is 0. The van der Waals surface area contributed by atoms with Crippen molar-refractivity contribution in [2.24, 2.45) is 0 Å². The summed E-state index contributed by atoms with van der Waals surface area (Å²) in [6.07, 6.45) is 1.92. The molecule has 1 aromatic heterocycles. The van der Waals surface area contributed by atoms with Gasteiger partial charge in [-0.2, -0.15) is 0 Å². The van der Waals surface area contributed by atoms with Crippen LogP contribution in [0.4, 0.5) is 5.69 Å². The molecule has 2 aromatic rings. The molecule has 0 aliphatic carbocycles. The largest absolute Gasteiger partial charge is 0.440 e. The summed E-state index contributed by atoms with van der Waals surface area (Å²) in [5, 5.41) is 0. The average Bonchev–Trinajstić information content (AvgIpc) is 2.58. The molecule has 1 aromatic carbocycles. The number of anilines is 1. The van der Waals surface area contributed by atoms with Gasteiger partial charge >= 0.3 is 0 Å². The first-order valence-electron chi connectivity index (χ1n) is 5.28. The van der Waals surface area contributed by atoms with Gasteiger partial charge in [-0.25, -0.2) is 4.98 Å². The number of aryl methyl sites for hydroxylation is 2. The molecular formula is C12H16N2O. The fourth-order valence-corrected chi connectivity index (χ4v) is 1.71. The standard InChI is InChI=1S/C12H16N2O/c1-4-5-11-14-10-6-9(13)7(2)8(3)12(10)15-11/h6H,4-5,13H2,1-3H3. The molecule has 1 heterocycles. The van der Waals surface area contributed by atoms with Gasteiger partial charge in [-0.05, 0) is 37.5 Å². The molecule has 0 saturated heterocycles. The monoisotopic (exact) mass is 204 g/mol. The molecule has 2 rings (SSSR count). The lowest BCUT2D eigenvalue weighted by molar-refractivity contribution is 0.523. The molecule has 0 saturated carbocycles. The molecular weight excluding hydrogens is 188 g/mol. The number of nitrogens with two attached hydrogens (primary N) is 1. The van der Waals surface area contributed by atoms with Gasteiger partial charge in [-0.15, -0.1) is 0 Å². The van der Waals surface area contributed by atoms with Crippen LogP contribution in [0.3, 0.4) is 0 Å². The number of benzene rings is 1. The molecule has 0 aliphatic rings. The normalized spacial score (nSPS) is 11.1. The summed E-state index contributed by atoms with van der Waals surface area (Å²) in [5.74, 6) is 0.806. The van der Waals surface area contributed by atoms with Crippen LogP contribution in [0.25, 0.3) is 11.1 Å². The minimum atomic E-state index is 0.788. The zero-order valence-electron chi connectivity index (χ0n) is 9.42. The highest BCUT2D eigenvalue weighted by atomic mass is 16.3. The van der Waals surface area contributed by atoms with Crippen LogP contribution in [-0.2, 0) is 6.42 Å². The van der Waals surface area contributed by atoms with E-state index in [1.807, 2.05) is 19.9 Å². The van der Waals surface area contributed by atoms with Crippen LogP contribution in [-0.4, -0.2) is 4.98 Å². The van der Waals surface area contributed by atoms with Gasteiger partial charge in [-0.3, -0.25) is 0 Å². The second-order valence-corrected chi connectivity index (χ2v) is 3.92. The number of hydrogen-bond donors (Lipinski definition) is 1. The zero-order chi connectivity index (χ0) is 11.0. The van der Waals surface area contributed by atoms with Crippen LogP contribution in [0.15, 0.2) is 10.5 Å². The molecule has 0 amide bonds. The van der Waals surface area contributed by atoms with Crippen molar-refractivity contribution < 1.29 is 4.42 Å². The molecule has 0 radical (unpaired) electrons. The highest BCUT2D eigenvalue weighted by molar-refractivity contribution is 5.82. The molecule has 0 bridgehead atoms. The predicted molar refractivity (Wildman–Crippen MR) is 61.9 cm³/mol. The van der Waals surface area contributed by atoms with E-state index in [0.717, 1.165) is 46.6 Å². The molecule has 0 aliphatic heterocycles. The van der Waals surface area contributed by atoms with Gasteiger partial charge in [0.1, 0.15) is 5.52 Å². The van der Waals surface area contributed by atoms with Crippen molar-refractivity contribution in [1.29, 1.82) is 0 Å². The van der Waals surface area contributed by atoms with E-state index in [9.17, 15) is 0 Å². The number of nitrogen functional groups attached to an aromatic ring is 1. The molecule has 0 unspecified atom stereocenters. The summed E-state index contributed by atoms with van der Waals surface area (Å²) in [4.78, 5) is 4.42. The lowest BCUT2D eigenvalue weighted by Gasteiger charge is -2.02. The first-order valence-corrected chi connectivity index (χ1v) is 5.28. The molecule has 80 valence electrons. The van der Waals surface area contributed by atoms with E-state index >= 15 is 0 Å². The molecule has 0 spiro atoms. The van der Waals surface area contributed by atoms with Crippen molar-refractivity contribution in [2.45, 2.75) is 33.6 Å². The number of oxazole rings is 1. The number of hydrogen-bond acceptors (Lipinski definition) is 3. The first-order chi connectivity index (χ1) is 7.13. The van der Waals surface area contributed by atoms with E-state index in [4.69, 9.17) is 10.2 Å². The van der Waals surface area contributed by atoms with E-state index in [1.54, 1.807) is 0 Å². The molecule has 3 nitrogen and oxygen atoms in total. The van der Waals surface area contributed by atoms with Gasteiger partial charge in [0.05, 0.1) is 0 Å². The van der Waals surface area contributed by atoms with E-state index in [2.05, 4.69) is 11.9 Å². The van der Waals surface area contributed by atoms with Crippen molar-refractivity contribution in [3.05, 3.63) is 23.1 Å². The van der Waals surface area contributed by atoms with Crippen LogP contribution in [0.2, 0.25) is 0 Å². The topological polar surface area (TPSA) is 52.0 Å². The lowest BCUT2D eigenvalue weighted by atomic mass is 10.1. The summed E-state index contributed by atoms with van der Waals surface area (Å²) in [6, 6.07) is 1.89. The third kappa shape index (κ3) is 1.58. The Hall–Kier alpha value is -1.51. The molecule has 15 heavy (non-hydrogen) atoms. The van der Waals surface area contributed by atoms with Crippen molar-refractivity contribution >= 4 is 16.8 Å². The van der Waals surface area contributed by atoms with Gasteiger partial charge in [0.2, 0.25) is 0 Å². The van der Waals surface area contributed by atoms with E-state index in [-0.39, 0.29) is 0 Å². The predicted octanol–water partition coefficient (Wildman–Crippen LogP) is 2.98. The van der Waals surface area contributed by atoms with Gasteiger partial charge in [-0.1, -0.05) is 6.92 Å². The lowest BCUT2D eigenvalue weighted by Crippen LogP contribution is -1.92. The van der Waals surface area contributed by atoms with Crippen LogP contribution < -0.4 is 5.73 Å². The fourth-order valence-electron chi connectivity index (χ4n) is 1.71. The average molecular weight is 204 g/mol. The van der Waals surface area contributed by atoms with Gasteiger partial charge in [0.25, 0.3) is 0 Å². The minimum Gasteiger partial charge on any atom is -0.440 e. The first kappa shape index (κ1) is 10.0. The maximum Gasteiger partial charge on any atom is 0.195 e. The van der Waals surface area contributed by atoms with E-state index in [0.29, 0.717) is 0 Å². The summed E-state index contributed by atoms with van der Waals surface area (Å²) < 4.78 is 5.71. The molecule has 2 N–H and O–H groups in total. The Morgan fingerprint density at radius 3 is 2.73 bits per heavy atom. The fraction of sp³-hybridized carbons (Fsp3) is 0.417. The summed E-state index contributed by atoms with van der Waals surface area (Å²) in [6.45, 7) is 6.14. The summed E-state index contributed by atoms with van der Waals surface area (Å²) >= 11 is 0. The highest BCUT2D eigenvalue weighted by Gasteiger charge is 2.11. The van der Waals surface area contributed by atoms with Crippen molar-refractivity contribution in [3.63, 3.8) is 0 Å². The van der Waals surface area contributed by atoms with Crippen LogP contribution in [0.1, 0.15) is 30.4 Å². The number of aromatic nitrogens is 1. The van der Waals surface area contributed by atoms with Gasteiger partial charge < -0.3 is 10.2 Å². The van der Waals surface area contributed by atoms with E-state index < -0.39 is 0 Å². The zero-order valence-corrected chi connectivity index (χ0v) is 9.42. The summed E-state index contributed by atoms with van der Waals surface area (Å²) in [5.41, 5.74) is 10.6. The van der Waals surface area contributed by atoms with Crippen LogP contribution >= 0.6 is 0 Å². The van der Waals surface area contributed by atoms with Crippen molar-refractivity contribution in [1.82, 2.24) is 4.98 Å². The Balaban J connectivity index is 2.65. The Morgan fingerprint density at radius 1 is 1.33 bits per heavy atom. The highest BCUT2D eigenvalue weighted by Crippen LogP contribution is 2.27. The minimum absolute atomic E-state index is 0.788. The Morgan fingerprint density at radius 2 is 2.07 bits per heavy atom. The third-order valence-electron chi connectivity index (χ3n) is 2.79. The Labute approximate surface area is 89.3 Å². The van der Waals surface area contributed by atoms with Gasteiger partial charge in [0.15, 0.2) is 11.5 Å². The Kier molecular flexibility index (Phi) is 2.39. The second kappa shape index (κ2) is 3.57. The van der Waals surface area contributed by atoms with E-state index in [1.165, 1.54) is 0 Å². The quantitative estimate of drug-likeness (QED) is 0.765. The van der Waals surface area contributed by atoms with Crippen molar-refractivity contribution in [3.8, 4) is 0 Å².